The molecule has 104 valence electrons. The summed E-state index contributed by atoms with van der Waals surface area (Å²) in [6.45, 7) is 3.42. The van der Waals surface area contributed by atoms with E-state index in [1.807, 2.05) is 41.1 Å². The van der Waals surface area contributed by atoms with Gasteiger partial charge < -0.3 is 14.6 Å². The lowest BCUT2D eigenvalue weighted by Gasteiger charge is -2.44. The number of hydrogen-bond acceptors (Lipinski definition) is 2. The van der Waals surface area contributed by atoms with Crippen molar-refractivity contribution in [2.24, 2.45) is 5.92 Å². The molecule has 2 aromatic rings. The van der Waals surface area contributed by atoms with Crippen molar-refractivity contribution in [1.82, 2.24) is 14.6 Å². The van der Waals surface area contributed by atoms with Crippen LogP contribution in [0.1, 0.15) is 23.2 Å². The number of amides is 1. The lowest BCUT2D eigenvalue weighted by molar-refractivity contribution is 0.0620. The molecule has 0 aliphatic carbocycles. The van der Waals surface area contributed by atoms with Crippen molar-refractivity contribution < 1.29 is 4.79 Å². The van der Waals surface area contributed by atoms with E-state index in [9.17, 15) is 4.79 Å². The Morgan fingerprint density at radius 3 is 2.80 bits per heavy atom. The molecular formula is C16H19N3O. The Bertz CT molecular complexity index is 640. The second-order valence-electron chi connectivity index (χ2n) is 5.98. The number of nitrogens with one attached hydrogen (secondary N) is 1. The molecule has 4 nitrogen and oxygen atoms in total. The SMILES string of the molecule is O=C(N[C@H]1CN2CCC1CC2)c1ccc2cccn2c1. The molecule has 5 rings (SSSR count). The number of rotatable bonds is 2. The smallest absolute Gasteiger partial charge is 0.253 e. The number of fused-ring (bicyclic) bond motifs is 4. The molecule has 0 spiro atoms. The van der Waals surface area contributed by atoms with Crippen LogP contribution in [0.25, 0.3) is 5.52 Å². The molecule has 0 aromatic carbocycles. The summed E-state index contributed by atoms with van der Waals surface area (Å²) in [6.07, 6.45) is 6.33. The molecule has 5 heterocycles. The Hall–Kier alpha value is -1.81. The number of carbonyl (C=O) groups is 1. The van der Waals surface area contributed by atoms with E-state index in [0.717, 1.165) is 17.6 Å². The molecule has 1 atom stereocenters. The third-order valence-electron chi connectivity index (χ3n) is 4.76. The summed E-state index contributed by atoms with van der Waals surface area (Å²) in [5.41, 5.74) is 1.86. The molecule has 4 heteroatoms. The topological polar surface area (TPSA) is 36.8 Å². The Balaban J connectivity index is 1.52. The molecule has 1 amide bonds. The van der Waals surface area contributed by atoms with E-state index in [2.05, 4.69) is 10.2 Å². The van der Waals surface area contributed by atoms with Crippen molar-refractivity contribution in [3.8, 4) is 0 Å². The number of piperidine rings is 3. The minimum Gasteiger partial charge on any atom is -0.348 e. The molecule has 3 fully saturated rings. The molecule has 1 N–H and O–H groups in total. The number of nitrogens with zero attached hydrogens (tertiary/aromatic N) is 2. The first-order valence-corrected chi connectivity index (χ1v) is 7.39. The van der Waals surface area contributed by atoms with Crippen LogP contribution in [0.3, 0.4) is 0 Å². The maximum Gasteiger partial charge on any atom is 0.253 e. The van der Waals surface area contributed by atoms with Crippen LogP contribution >= 0.6 is 0 Å². The summed E-state index contributed by atoms with van der Waals surface area (Å²) in [5.74, 6) is 0.721. The van der Waals surface area contributed by atoms with Gasteiger partial charge in [-0.05, 0) is 56.1 Å². The van der Waals surface area contributed by atoms with Crippen LogP contribution in [-0.2, 0) is 0 Å². The maximum absolute atomic E-state index is 12.4. The predicted octanol–water partition coefficient (Wildman–Crippen LogP) is 1.76. The van der Waals surface area contributed by atoms with Gasteiger partial charge in [0.2, 0.25) is 0 Å². The monoisotopic (exact) mass is 269 g/mol. The minimum absolute atomic E-state index is 0.0550. The molecule has 0 radical (unpaired) electrons. The Kier molecular flexibility index (Phi) is 2.77. The third kappa shape index (κ3) is 2.00. The van der Waals surface area contributed by atoms with Gasteiger partial charge in [0.25, 0.3) is 5.91 Å². The van der Waals surface area contributed by atoms with Gasteiger partial charge in [0, 0.05) is 30.5 Å². The number of hydrogen-bond donors (Lipinski definition) is 1. The number of pyridine rings is 1. The highest BCUT2D eigenvalue weighted by atomic mass is 16.1. The summed E-state index contributed by atoms with van der Waals surface area (Å²) in [7, 11) is 0. The average molecular weight is 269 g/mol. The van der Waals surface area contributed by atoms with E-state index in [4.69, 9.17) is 0 Å². The van der Waals surface area contributed by atoms with Gasteiger partial charge in [-0.1, -0.05) is 0 Å². The fraction of sp³-hybridized carbons (Fsp3) is 0.438. The van der Waals surface area contributed by atoms with Gasteiger partial charge in [-0.2, -0.15) is 0 Å². The van der Waals surface area contributed by atoms with Crippen molar-refractivity contribution in [2.45, 2.75) is 18.9 Å². The maximum atomic E-state index is 12.4. The Morgan fingerprint density at radius 2 is 2.05 bits per heavy atom. The predicted molar refractivity (Wildman–Crippen MR) is 77.8 cm³/mol. The zero-order valence-corrected chi connectivity index (χ0v) is 11.5. The van der Waals surface area contributed by atoms with E-state index in [0.29, 0.717) is 12.0 Å². The fourth-order valence-corrected chi connectivity index (χ4v) is 3.55. The van der Waals surface area contributed by atoms with Crippen LogP contribution < -0.4 is 5.32 Å². The van der Waals surface area contributed by atoms with Crippen LogP contribution in [0.2, 0.25) is 0 Å². The van der Waals surface area contributed by atoms with E-state index in [-0.39, 0.29) is 5.91 Å². The summed E-state index contributed by atoms with van der Waals surface area (Å²) >= 11 is 0. The van der Waals surface area contributed by atoms with Crippen molar-refractivity contribution in [3.63, 3.8) is 0 Å². The van der Waals surface area contributed by atoms with E-state index in [1.54, 1.807) is 0 Å². The van der Waals surface area contributed by atoms with Gasteiger partial charge in [0.1, 0.15) is 0 Å². The fourth-order valence-electron chi connectivity index (χ4n) is 3.55. The van der Waals surface area contributed by atoms with Gasteiger partial charge in [0.15, 0.2) is 0 Å². The summed E-state index contributed by atoms with van der Waals surface area (Å²) in [6, 6.07) is 8.25. The Morgan fingerprint density at radius 1 is 1.20 bits per heavy atom. The summed E-state index contributed by atoms with van der Waals surface area (Å²) in [5, 5.41) is 3.23. The normalized spacial score (nSPS) is 28.7. The van der Waals surface area contributed by atoms with E-state index in [1.165, 1.54) is 25.9 Å². The van der Waals surface area contributed by atoms with E-state index < -0.39 is 0 Å². The first kappa shape index (κ1) is 12.0. The first-order chi connectivity index (χ1) is 9.79. The molecule has 0 unspecified atom stereocenters. The highest BCUT2D eigenvalue weighted by Crippen LogP contribution is 2.27. The van der Waals surface area contributed by atoms with Gasteiger partial charge >= 0.3 is 0 Å². The molecule has 0 saturated carbocycles. The molecule has 3 aliphatic heterocycles. The standard InChI is InChI=1S/C16H19N3O/c20-16(13-3-4-14-2-1-7-19(14)10-13)17-15-11-18-8-5-12(15)6-9-18/h1-4,7,10,12,15H,5-6,8-9,11H2,(H,17,20)/t15-/m0/s1. The summed E-state index contributed by atoms with van der Waals surface area (Å²) in [4.78, 5) is 14.9. The minimum atomic E-state index is 0.0550. The molecule has 20 heavy (non-hydrogen) atoms. The van der Waals surface area contributed by atoms with Gasteiger partial charge in [-0.25, -0.2) is 0 Å². The highest BCUT2D eigenvalue weighted by molar-refractivity contribution is 5.94. The second-order valence-corrected chi connectivity index (χ2v) is 5.98. The van der Waals surface area contributed by atoms with Gasteiger partial charge in [0.05, 0.1) is 5.56 Å². The zero-order valence-electron chi connectivity index (χ0n) is 11.5. The molecular weight excluding hydrogens is 250 g/mol. The zero-order chi connectivity index (χ0) is 13.5. The lowest BCUT2D eigenvalue weighted by atomic mass is 9.84. The van der Waals surface area contributed by atoms with Crippen molar-refractivity contribution in [2.75, 3.05) is 19.6 Å². The van der Waals surface area contributed by atoms with Crippen LogP contribution in [0.5, 0.6) is 0 Å². The number of carbonyl (C=O) groups excluding carboxylic acids is 1. The molecule has 2 bridgehead atoms. The van der Waals surface area contributed by atoms with E-state index >= 15 is 0 Å². The molecule has 3 aliphatic rings. The van der Waals surface area contributed by atoms with Crippen LogP contribution in [0.15, 0.2) is 36.7 Å². The quantitative estimate of drug-likeness (QED) is 0.902. The largest absolute Gasteiger partial charge is 0.348 e. The van der Waals surface area contributed by atoms with Crippen LogP contribution in [0, 0.1) is 5.92 Å². The molecule has 3 saturated heterocycles. The highest BCUT2D eigenvalue weighted by Gasteiger charge is 2.34. The third-order valence-corrected chi connectivity index (χ3v) is 4.76. The van der Waals surface area contributed by atoms with Crippen molar-refractivity contribution in [3.05, 3.63) is 42.2 Å². The van der Waals surface area contributed by atoms with Gasteiger partial charge in [-0.3, -0.25) is 4.79 Å². The van der Waals surface area contributed by atoms with Gasteiger partial charge in [-0.15, -0.1) is 0 Å². The number of aromatic nitrogens is 1. The lowest BCUT2D eigenvalue weighted by Crippen LogP contribution is -2.57. The summed E-state index contributed by atoms with van der Waals surface area (Å²) < 4.78 is 1.99. The average Bonchev–Trinajstić information content (AvgIpc) is 2.96. The van der Waals surface area contributed by atoms with Crippen molar-refractivity contribution >= 4 is 11.4 Å². The second kappa shape index (κ2) is 4.63. The van der Waals surface area contributed by atoms with Crippen LogP contribution in [-0.4, -0.2) is 40.9 Å². The van der Waals surface area contributed by atoms with Crippen molar-refractivity contribution in [1.29, 1.82) is 0 Å². The Labute approximate surface area is 118 Å². The van der Waals surface area contributed by atoms with Crippen LogP contribution in [0.4, 0.5) is 0 Å². The molecule has 2 aromatic heterocycles. The first-order valence-electron chi connectivity index (χ1n) is 7.39.